The molecule has 1 aliphatic heterocycles. The number of anilines is 1. The van der Waals surface area contributed by atoms with Gasteiger partial charge in [0.1, 0.15) is 5.69 Å². The van der Waals surface area contributed by atoms with Crippen LogP contribution < -0.4 is 5.73 Å². The number of rotatable bonds is 2. The van der Waals surface area contributed by atoms with Crippen molar-refractivity contribution in [1.82, 2.24) is 15.1 Å². The van der Waals surface area contributed by atoms with Gasteiger partial charge in [-0.2, -0.15) is 5.10 Å². The van der Waals surface area contributed by atoms with Gasteiger partial charge in [-0.25, -0.2) is 0 Å². The zero-order valence-electron chi connectivity index (χ0n) is 10.2. The molecule has 0 atom stereocenters. The first-order valence-corrected chi connectivity index (χ1v) is 5.79. The summed E-state index contributed by atoms with van der Waals surface area (Å²) < 4.78 is 4.70. The molecule has 3 N–H and O–H groups in total. The maximum Gasteiger partial charge on any atom is 0.308 e. The summed E-state index contributed by atoms with van der Waals surface area (Å²) in [6.07, 6.45) is 2.65. The molecule has 0 radical (unpaired) electrons. The van der Waals surface area contributed by atoms with Crippen molar-refractivity contribution >= 4 is 17.6 Å². The quantitative estimate of drug-likeness (QED) is 0.722. The van der Waals surface area contributed by atoms with Crippen LogP contribution in [0, 0.1) is 5.92 Å². The highest BCUT2D eigenvalue weighted by Crippen LogP contribution is 2.20. The second-order valence-corrected chi connectivity index (χ2v) is 4.29. The molecule has 1 aromatic heterocycles. The maximum absolute atomic E-state index is 12.1. The summed E-state index contributed by atoms with van der Waals surface area (Å²) in [4.78, 5) is 25.1. The van der Waals surface area contributed by atoms with Gasteiger partial charge >= 0.3 is 5.97 Å². The number of methoxy groups -OCH3 is 1. The first-order chi connectivity index (χ1) is 8.63. The minimum Gasteiger partial charge on any atom is -0.469 e. The monoisotopic (exact) mass is 252 g/mol. The van der Waals surface area contributed by atoms with E-state index >= 15 is 0 Å². The van der Waals surface area contributed by atoms with E-state index in [2.05, 4.69) is 10.2 Å². The van der Waals surface area contributed by atoms with Crippen molar-refractivity contribution in [1.29, 1.82) is 0 Å². The van der Waals surface area contributed by atoms with Gasteiger partial charge in [0.2, 0.25) is 0 Å². The van der Waals surface area contributed by atoms with Crippen molar-refractivity contribution in [2.45, 2.75) is 12.8 Å². The number of aromatic nitrogens is 2. The number of carbonyl (C=O) groups excluding carboxylic acids is 2. The van der Waals surface area contributed by atoms with Crippen molar-refractivity contribution in [3.05, 3.63) is 11.9 Å². The van der Waals surface area contributed by atoms with Gasteiger partial charge in [0, 0.05) is 13.1 Å². The molecule has 0 unspecified atom stereocenters. The van der Waals surface area contributed by atoms with Crippen LogP contribution in [0.2, 0.25) is 0 Å². The first-order valence-electron chi connectivity index (χ1n) is 5.79. The number of hydrogen-bond donors (Lipinski definition) is 2. The minimum atomic E-state index is -0.205. The Balaban J connectivity index is 1.96. The molecule has 0 aromatic carbocycles. The molecule has 98 valence electrons. The van der Waals surface area contributed by atoms with Crippen molar-refractivity contribution in [2.75, 3.05) is 25.9 Å². The number of nitrogens with two attached hydrogens (primary N) is 1. The van der Waals surface area contributed by atoms with Gasteiger partial charge in [0.25, 0.3) is 5.91 Å². The third-order valence-electron chi connectivity index (χ3n) is 3.20. The minimum absolute atomic E-state index is 0.113. The second kappa shape index (κ2) is 5.07. The lowest BCUT2D eigenvalue weighted by molar-refractivity contribution is -0.146. The molecule has 7 heteroatoms. The van der Waals surface area contributed by atoms with Crippen LogP contribution in [0.5, 0.6) is 0 Å². The fraction of sp³-hybridized carbons (Fsp3) is 0.545. The first kappa shape index (κ1) is 12.4. The number of amides is 1. The molecule has 0 saturated carbocycles. The highest BCUT2D eigenvalue weighted by molar-refractivity contribution is 5.97. The van der Waals surface area contributed by atoms with E-state index in [0.29, 0.717) is 37.3 Å². The van der Waals surface area contributed by atoms with Crippen LogP contribution in [-0.2, 0) is 9.53 Å². The van der Waals surface area contributed by atoms with E-state index in [-0.39, 0.29) is 17.8 Å². The normalized spacial score (nSPS) is 16.6. The number of hydrogen-bond acceptors (Lipinski definition) is 5. The fourth-order valence-electron chi connectivity index (χ4n) is 2.11. The topological polar surface area (TPSA) is 101 Å². The summed E-state index contributed by atoms with van der Waals surface area (Å²) >= 11 is 0. The summed E-state index contributed by atoms with van der Waals surface area (Å²) in [5.74, 6) is -0.491. The van der Waals surface area contributed by atoms with Gasteiger partial charge in [0.15, 0.2) is 0 Å². The van der Waals surface area contributed by atoms with Crippen molar-refractivity contribution in [3.8, 4) is 0 Å². The molecule has 0 bridgehead atoms. The number of piperidine rings is 1. The predicted octanol–water partition coefficient (Wildman–Crippen LogP) is 0.0171. The molecule has 2 heterocycles. The third-order valence-corrected chi connectivity index (χ3v) is 3.20. The Bertz CT molecular complexity index is 449. The molecular weight excluding hydrogens is 236 g/mol. The van der Waals surface area contributed by atoms with Gasteiger partial charge < -0.3 is 15.4 Å². The van der Waals surface area contributed by atoms with E-state index in [1.807, 2.05) is 0 Å². The Kier molecular flexibility index (Phi) is 3.50. The van der Waals surface area contributed by atoms with Crippen LogP contribution >= 0.6 is 0 Å². The lowest BCUT2D eigenvalue weighted by atomic mass is 9.97. The van der Waals surface area contributed by atoms with E-state index in [9.17, 15) is 9.59 Å². The number of carbonyl (C=O) groups is 2. The maximum atomic E-state index is 12.1. The molecule has 1 aromatic rings. The highest BCUT2D eigenvalue weighted by Gasteiger charge is 2.29. The smallest absolute Gasteiger partial charge is 0.308 e. The van der Waals surface area contributed by atoms with Crippen molar-refractivity contribution < 1.29 is 14.3 Å². The Morgan fingerprint density at radius 3 is 2.67 bits per heavy atom. The molecule has 0 spiro atoms. The largest absolute Gasteiger partial charge is 0.469 e. The molecule has 0 aliphatic carbocycles. The van der Waals surface area contributed by atoms with Crippen LogP contribution in [0.25, 0.3) is 0 Å². The zero-order chi connectivity index (χ0) is 13.1. The lowest BCUT2D eigenvalue weighted by Crippen LogP contribution is -2.40. The van der Waals surface area contributed by atoms with Gasteiger partial charge in [-0.05, 0) is 12.8 Å². The molecule has 1 fully saturated rings. The van der Waals surface area contributed by atoms with Gasteiger partial charge in [-0.3, -0.25) is 14.7 Å². The van der Waals surface area contributed by atoms with Crippen LogP contribution in [0.3, 0.4) is 0 Å². The number of nitrogens with one attached hydrogen (secondary N) is 1. The Hall–Kier alpha value is -2.05. The molecule has 7 nitrogen and oxygen atoms in total. The third kappa shape index (κ3) is 2.29. The van der Waals surface area contributed by atoms with E-state index in [0.717, 1.165) is 0 Å². The van der Waals surface area contributed by atoms with Crippen LogP contribution in [0.4, 0.5) is 5.69 Å². The fourth-order valence-corrected chi connectivity index (χ4v) is 2.11. The number of H-pyrrole nitrogens is 1. The number of esters is 1. The second-order valence-electron chi connectivity index (χ2n) is 4.29. The van der Waals surface area contributed by atoms with E-state index < -0.39 is 0 Å². The summed E-state index contributed by atoms with van der Waals surface area (Å²) in [5.41, 5.74) is 6.28. The highest BCUT2D eigenvalue weighted by atomic mass is 16.5. The molecular formula is C11H16N4O3. The summed E-state index contributed by atoms with van der Waals surface area (Å²) in [6.45, 7) is 1.05. The summed E-state index contributed by atoms with van der Waals surface area (Å²) in [7, 11) is 1.38. The van der Waals surface area contributed by atoms with E-state index in [4.69, 9.17) is 10.5 Å². The number of ether oxygens (including phenoxy) is 1. The van der Waals surface area contributed by atoms with Gasteiger partial charge in [-0.15, -0.1) is 0 Å². The standard InChI is InChI=1S/C11H16N4O3/c1-18-11(17)7-2-4-15(5-3-7)10(16)9-8(12)6-13-14-9/h6-7H,2-5,12H2,1H3,(H,13,14). The summed E-state index contributed by atoms with van der Waals surface area (Å²) in [5, 5.41) is 6.31. The Labute approximate surface area is 104 Å². The van der Waals surface area contributed by atoms with E-state index in [1.54, 1.807) is 4.90 Å². The van der Waals surface area contributed by atoms with E-state index in [1.165, 1.54) is 13.3 Å². The number of nitrogen functional groups attached to an aromatic ring is 1. The average molecular weight is 252 g/mol. The van der Waals surface area contributed by atoms with Crippen molar-refractivity contribution in [3.63, 3.8) is 0 Å². The molecule has 1 saturated heterocycles. The van der Waals surface area contributed by atoms with Gasteiger partial charge in [-0.1, -0.05) is 0 Å². The average Bonchev–Trinajstić information content (AvgIpc) is 2.83. The Morgan fingerprint density at radius 1 is 1.50 bits per heavy atom. The predicted molar refractivity (Wildman–Crippen MR) is 63.6 cm³/mol. The van der Waals surface area contributed by atoms with Crippen LogP contribution in [-0.4, -0.2) is 47.2 Å². The molecule has 1 amide bonds. The number of likely N-dealkylation sites (tertiary alicyclic amines) is 1. The molecule has 1 aliphatic rings. The van der Waals surface area contributed by atoms with Crippen molar-refractivity contribution in [2.24, 2.45) is 5.92 Å². The SMILES string of the molecule is COC(=O)C1CCN(C(=O)c2[nH]ncc2N)CC1. The lowest BCUT2D eigenvalue weighted by Gasteiger charge is -2.30. The van der Waals surface area contributed by atoms with Gasteiger partial charge in [0.05, 0.1) is 24.9 Å². The van der Waals surface area contributed by atoms with Crippen LogP contribution in [0.1, 0.15) is 23.3 Å². The molecule has 18 heavy (non-hydrogen) atoms. The van der Waals surface area contributed by atoms with Crippen LogP contribution in [0.15, 0.2) is 6.20 Å². The molecule has 2 rings (SSSR count). The number of nitrogens with zero attached hydrogens (tertiary/aromatic N) is 2. The Morgan fingerprint density at radius 2 is 2.17 bits per heavy atom. The number of aromatic amines is 1. The zero-order valence-corrected chi connectivity index (χ0v) is 10.2. The summed E-state index contributed by atoms with van der Waals surface area (Å²) in [6, 6.07) is 0.